The van der Waals surface area contributed by atoms with E-state index in [4.69, 9.17) is 9.47 Å². The lowest BCUT2D eigenvalue weighted by Crippen LogP contribution is -2.35. The third-order valence-corrected chi connectivity index (χ3v) is 2.04. The second-order valence-corrected chi connectivity index (χ2v) is 3.72. The fourth-order valence-corrected chi connectivity index (χ4v) is 1.02. The molecule has 0 aromatic heterocycles. The van der Waals surface area contributed by atoms with Gasteiger partial charge in [0.15, 0.2) is 0 Å². The summed E-state index contributed by atoms with van der Waals surface area (Å²) in [6, 6.07) is 0. The van der Waals surface area contributed by atoms with E-state index >= 15 is 0 Å². The summed E-state index contributed by atoms with van der Waals surface area (Å²) in [5.41, 5.74) is 0. The van der Waals surface area contributed by atoms with Gasteiger partial charge in [-0.2, -0.15) is 0 Å². The van der Waals surface area contributed by atoms with Crippen LogP contribution < -0.4 is 0 Å². The Labute approximate surface area is 96.7 Å². The third-order valence-electron chi connectivity index (χ3n) is 2.04. The molecule has 1 amide bonds. The predicted octanol–water partition coefficient (Wildman–Crippen LogP) is 2.01. The van der Waals surface area contributed by atoms with Gasteiger partial charge in [0, 0.05) is 20.0 Å². The Kier molecular flexibility index (Phi) is 6.53. The molecule has 0 saturated heterocycles. The van der Waals surface area contributed by atoms with Crippen molar-refractivity contribution in [3.05, 3.63) is 0 Å². The fraction of sp³-hybridized carbons (Fsp3) is 0.818. The van der Waals surface area contributed by atoms with Crippen LogP contribution in [0.25, 0.3) is 0 Å². The van der Waals surface area contributed by atoms with Crippen molar-refractivity contribution < 1.29 is 19.1 Å². The largest absolute Gasteiger partial charge is 0.425 e. The average molecular weight is 231 g/mol. The highest BCUT2D eigenvalue weighted by Gasteiger charge is 2.18. The normalized spacial score (nSPS) is 12.1. The van der Waals surface area contributed by atoms with Crippen molar-refractivity contribution in [2.75, 3.05) is 13.1 Å². The van der Waals surface area contributed by atoms with Crippen molar-refractivity contribution in [2.24, 2.45) is 5.92 Å². The summed E-state index contributed by atoms with van der Waals surface area (Å²) in [6.45, 7) is 9.83. The van der Waals surface area contributed by atoms with E-state index in [1.165, 1.54) is 11.8 Å². The van der Waals surface area contributed by atoms with Gasteiger partial charge in [-0.3, -0.25) is 4.79 Å². The topological polar surface area (TPSA) is 55.8 Å². The lowest BCUT2D eigenvalue weighted by Gasteiger charge is -2.21. The molecule has 0 rings (SSSR count). The Balaban J connectivity index is 4.09. The molecule has 0 aromatic rings. The molecule has 94 valence electrons. The molecule has 0 aromatic carbocycles. The molecule has 1 atom stereocenters. The standard InChI is InChI=1S/C11H21NO4/c1-6-12(7-2)11(14)16-9(5)15-10(13)8(3)4/h8-9H,6-7H2,1-5H3. The first kappa shape index (κ1) is 14.7. The van der Waals surface area contributed by atoms with Crippen LogP contribution in [0.3, 0.4) is 0 Å². The minimum absolute atomic E-state index is 0.227. The Morgan fingerprint density at radius 3 is 1.94 bits per heavy atom. The van der Waals surface area contributed by atoms with Crippen LogP contribution in [0, 0.1) is 5.92 Å². The molecule has 0 spiro atoms. The maximum absolute atomic E-state index is 11.5. The van der Waals surface area contributed by atoms with E-state index in [1.54, 1.807) is 13.8 Å². The molecule has 0 fully saturated rings. The Morgan fingerprint density at radius 1 is 1.06 bits per heavy atom. The first-order valence-corrected chi connectivity index (χ1v) is 5.58. The van der Waals surface area contributed by atoms with Gasteiger partial charge in [-0.1, -0.05) is 13.8 Å². The van der Waals surface area contributed by atoms with Crippen molar-refractivity contribution in [2.45, 2.75) is 40.9 Å². The van der Waals surface area contributed by atoms with Gasteiger partial charge >= 0.3 is 12.1 Å². The molecule has 0 saturated carbocycles. The first-order chi connectivity index (χ1) is 7.42. The smallest absolute Gasteiger partial charge is 0.412 e. The minimum atomic E-state index is -0.844. The fourth-order valence-electron chi connectivity index (χ4n) is 1.02. The van der Waals surface area contributed by atoms with Gasteiger partial charge in [0.1, 0.15) is 0 Å². The number of amides is 1. The number of hydrogen-bond donors (Lipinski definition) is 0. The quantitative estimate of drug-likeness (QED) is 0.536. The Bertz CT molecular complexity index is 236. The van der Waals surface area contributed by atoms with Crippen molar-refractivity contribution >= 4 is 12.1 Å². The highest BCUT2D eigenvalue weighted by Crippen LogP contribution is 2.04. The molecular weight excluding hydrogens is 210 g/mol. The van der Waals surface area contributed by atoms with Crippen LogP contribution in [-0.2, 0) is 14.3 Å². The molecule has 0 aliphatic carbocycles. The summed E-state index contributed by atoms with van der Waals surface area (Å²) in [5, 5.41) is 0. The van der Waals surface area contributed by atoms with Crippen LogP contribution in [0.1, 0.15) is 34.6 Å². The van der Waals surface area contributed by atoms with Crippen LogP contribution >= 0.6 is 0 Å². The maximum atomic E-state index is 11.5. The molecule has 16 heavy (non-hydrogen) atoms. The Morgan fingerprint density at radius 2 is 1.56 bits per heavy atom. The van der Waals surface area contributed by atoms with Crippen molar-refractivity contribution in [1.82, 2.24) is 4.90 Å². The third kappa shape index (κ3) is 5.00. The molecule has 1 unspecified atom stereocenters. The number of ether oxygens (including phenoxy) is 2. The van der Waals surface area contributed by atoms with Crippen LogP contribution in [0.15, 0.2) is 0 Å². The molecule has 0 heterocycles. The van der Waals surface area contributed by atoms with Gasteiger partial charge in [-0.25, -0.2) is 4.79 Å². The number of nitrogens with zero attached hydrogens (tertiary/aromatic N) is 1. The van der Waals surface area contributed by atoms with Crippen molar-refractivity contribution in [1.29, 1.82) is 0 Å². The maximum Gasteiger partial charge on any atom is 0.412 e. The number of carbonyl (C=O) groups excluding carboxylic acids is 2. The van der Waals surface area contributed by atoms with E-state index in [0.717, 1.165) is 0 Å². The zero-order chi connectivity index (χ0) is 12.7. The Hall–Kier alpha value is -1.26. The molecule has 0 bridgehead atoms. The molecule has 5 heteroatoms. The second-order valence-electron chi connectivity index (χ2n) is 3.72. The van der Waals surface area contributed by atoms with E-state index in [2.05, 4.69) is 0 Å². The summed E-state index contributed by atoms with van der Waals surface area (Å²) in [4.78, 5) is 24.2. The summed E-state index contributed by atoms with van der Waals surface area (Å²) in [7, 11) is 0. The summed E-state index contributed by atoms with van der Waals surface area (Å²) in [5.74, 6) is -0.602. The van der Waals surface area contributed by atoms with Crippen molar-refractivity contribution in [3.63, 3.8) is 0 Å². The van der Waals surface area contributed by atoms with Crippen LogP contribution in [0.5, 0.6) is 0 Å². The van der Waals surface area contributed by atoms with Gasteiger partial charge in [0.05, 0.1) is 5.92 Å². The predicted molar refractivity (Wildman–Crippen MR) is 59.8 cm³/mol. The van der Waals surface area contributed by atoms with E-state index in [1.807, 2.05) is 13.8 Å². The highest BCUT2D eigenvalue weighted by atomic mass is 16.7. The van der Waals surface area contributed by atoms with E-state index in [-0.39, 0.29) is 11.9 Å². The minimum Gasteiger partial charge on any atom is -0.425 e. The lowest BCUT2D eigenvalue weighted by atomic mass is 10.2. The van der Waals surface area contributed by atoms with Crippen LogP contribution in [0.2, 0.25) is 0 Å². The number of carbonyl (C=O) groups is 2. The van der Waals surface area contributed by atoms with Crippen molar-refractivity contribution in [3.8, 4) is 0 Å². The zero-order valence-corrected chi connectivity index (χ0v) is 10.6. The van der Waals surface area contributed by atoms with Gasteiger partial charge in [-0.15, -0.1) is 0 Å². The van der Waals surface area contributed by atoms with E-state index in [0.29, 0.717) is 13.1 Å². The number of hydrogen-bond acceptors (Lipinski definition) is 4. The van der Waals surface area contributed by atoms with Crippen LogP contribution in [-0.4, -0.2) is 36.3 Å². The first-order valence-electron chi connectivity index (χ1n) is 5.58. The molecular formula is C11H21NO4. The van der Waals surface area contributed by atoms with Gasteiger partial charge < -0.3 is 14.4 Å². The SMILES string of the molecule is CCN(CC)C(=O)OC(C)OC(=O)C(C)C. The van der Waals surface area contributed by atoms with E-state index < -0.39 is 12.4 Å². The molecule has 0 radical (unpaired) electrons. The van der Waals surface area contributed by atoms with E-state index in [9.17, 15) is 9.59 Å². The molecule has 5 nitrogen and oxygen atoms in total. The lowest BCUT2D eigenvalue weighted by molar-refractivity contribution is -0.169. The van der Waals surface area contributed by atoms with Gasteiger partial charge in [-0.05, 0) is 13.8 Å². The zero-order valence-electron chi connectivity index (χ0n) is 10.6. The summed E-state index contributed by atoms with van der Waals surface area (Å²) in [6.07, 6.45) is -1.31. The average Bonchev–Trinajstić information content (AvgIpc) is 2.18. The monoisotopic (exact) mass is 231 g/mol. The molecule has 0 N–H and O–H groups in total. The number of rotatable bonds is 5. The molecule has 0 aliphatic rings. The van der Waals surface area contributed by atoms with Crippen LogP contribution in [0.4, 0.5) is 4.79 Å². The summed E-state index contributed by atoms with van der Waals surface area (Å²) >= 11 is 0. The second kappa shape index (κ2) is 7.09. The molecule has 0 aliphatic heterocycles. The van der Waals surface area contributed by atoms with Gasteiger partial charge in [0.25, 0.3) is 0 Å². The summed E-state index contributed by atoms with van der Waals surface area (Å²) < 4.78 is 9.87. The number of esters is 1. The van der Waals surface area contributed by atoms with Gasteiger partial charge in [0.2, 0.25) is 6.29 Å². The highest BCUT2D eigenvalue weighted by molar-refractivity contribution is 5.72.